The second-order valence-corrected chi connectivity index (χ2v) is 4.45. The summed E-state index contributed by atoms with van der Waals surface area (Å²) in [6.07, 6.45) is -4.43. The third-order valence-electron chi connectivity index (χ3n) is 2.90. The van der Waals surface area contributed by atoms with Crippen LogP contribution in [-0.4, -0.2) is 22.9 Å². The van der Waals surface area contributed by atoms with Gasteiger partial charge in [-0.3, -0.25) is 4.79 Å². The van der Waals surface area contributed by atoms with Gasteiger partial charge in [-0.1, -0.05) is 12.1 Å². The van der Waals surface area contributed by atoms with Crippen molar-refractivity contribution in [3.8, 4) is 17.1 Å². The monoisotopic (exact) mass is 311 g/mol. The number of halogens is 3. The summed E-state index contributed by atoms with van der Waals surface area (Å²) in [6.45, 7) is 1.28. The summed E-state index contributed by atoms with van der Waals surface area (Å²) in [4.78, 5) is 19.5. The second kappa shape index (κ2) is 5.63. The smallest absolute Gasteiger partial charge is 0.416 e. The first-order valence-corrected chi connectivity index (χ1v) is 6.14. The molecule has 0 fully saturated rings. The quantitative estimate of drug-likeness (QED) is 0.882. The van der Waals surface area contributed by atoms with Gasteiger partial charge in [-0.05, 0) is 12.1 Å². The molecule has 0 saturated heterocycles. The zero-order valence-corrected chi connectivity index (χ0v) is 11.7. The molecule has 0 aliphatic heterocycles. The van der Waals surface area contributed by atoms with Crippen molar-refractivity contribution in [3.63, 3.8) is 0 Å². The van der Waals surface area contributed by atoms with E-state index in [4.69, 9.17) is 10.5 Å². The van der Waals surface area contributed by atoms with Crippen LogP contribution in [-0.2, 0) is 6.18 Å². The average molecular weight is 311 g/mol. The van der Waals surface area contributed by atoms with E-state index < -0.39 is 11.7 Å². The molecule has 2 aromatic rings. The number of nitrogens with zero attached hydrogens (tertiary/aromatic N) is 2. The molecule has 0 amide bonds. The zero-order chi connectivity index (χ0) is 16.5. The third-order valence-corrected chi connectivity index (χ3v) is 2.90. The largest absolute Gasteiger partial charge is 0.491 e. The summed E-state index contributed by atoms with van der Waals surface area (Å²) < 4.78 is 42.6. The highest BCUT2D eigenvalue weighted by Crippen LogP contribution is 2.31. The summed E-state index contributed by atoms with van der Waals surface area (Å²) in [5.74, 6) is -0.350. The Kier molecular flexibility index (Phi) is 4.03. The van der Waals surface area contributed by atoms with Crippen LogP contribution in [0.3, 0.4) is 0 Å². The Balaban J connectivity index is 2.51. The molecule has 8 heteroatoms. The van der Waals surface area contributed by atoms with Gasteiger partial charge in [-0.25, -0.2) is 9.97 Å². The summed E-state index contributed by atoms with van der Waals surface area (Å²) in [5.41, 5.74) is 5.20. The van der Waals surface area contributed by atoms with Crippen LogP contribution < -0.4 is 10.5 Å². The highest BCUT2D eigenvalue weighted by Gasteiger charge is 2.30. The number of Topliss-reactive ketones (excluding diaryl/α,β-unsaturated/α-hetero) is 1. The summed E-state index contributed by atoms with van der Waals surface area (Å²) >= 11 is 0. The Labute approximate surface area is 123 Å². The fraction of sp³-hybridized carbons (Fsp3) is 0.214. The lowest BCUT2D eigenvalue weighted by molar-refractivity contribution is -0.137. The molecule has 0 aliphatic carbocycles. The molecule has 1 aromatic carbocycles. The van der Waals surface area contributed by atoms with Crippen molar-refractivity contribution in [1.29, 1.82) is 0 Å². The fourth-order valence-electron chi connectivity index (χ4n) is 1.85. The number of benzene rings is 1. The summed E-state index contributed by atoms with van der Waals surface area (Å²) in [7, 11) is 1.32. The minimum atomic E-state index is -4.43. The number of alkyl halides is 3. The van der Waals surface area contributed by atoms with Gasteiger partial charge in [0.15, 0.2) is 28.9 Å². The standard InChI is InChI=1S/C14H12F3N3O2/c1-7(21)10-11(22-2)12(18)20-13(19-10)8-3-5-9(6-4-8)14(15,16)17/h3-6H,1-2H3,(H2,18,19,20). The minimum absolute atomic E-state index is 0.0232. The van der Waals surface area contributed by atoms with E-state index in [0.717, 1.165) is 12.1 Å². The number of anilines is 1. The number of ether oxygens (including phenoxy) is 1. The van der Waals surface area contributed by atoms with Gasteiger partial charge in [0.25, 0.3) is 0 Å². The lowest BCUT2D eigenvalue weighted by atomic mass is 10.1. The zero-order valence-electron chi connectivity index (χ0n) is 11.7. The number of ketones is 1. The number of carbonyl (C=O) groups excluding carboxylic acids is 1. The van der Waals surface area contributed by atoms with Crippen LogP contribution in [0.5, 0.6) is 5.75 Å². The van der Waals surface area contributed by atoms with E-state index in [0.29, 0.717) is 5.56 Å². The van der Waals surface area contributed by atoms with Gasteiger partial charge in [0.05, 0.1) is 12.7 Å². The third kappa shape index (κ3) is 3.00. The molecule has 22 heavy (non-hydrogen) atoms. The maximum atomic E-state index is 12.5. The number of nitrogens with two attached hydrogens (primary N) is 1. The molecule has 1 heterocycles. The van der Waals surface area contributed by atoms with Crippen LogP contribution in [0, 0.1) is 0 Å². The summed E-state index contributed by atoms with van der Waals surface area (Å²) in [6, 6.07) is 4.25. The predicted molar refractivity (Wildman–Crippen MR) is 73.4 cm³/mol. The van der Waals surface area contributed by atoms with Crippen molar-refractivity contribution >= 4 is 11.6 Å². The van der Waals surface area contributed by atoms with Crippen LogP contribution in [0.15, 0.2) is 24.3 Å². The van der Waals surface area contributed by atoms with Gasteiger partial charge < -0.3 is 10.5 Å². The van der Waals surface area contributed by atoms with Crippen LogP contribution in [0.2, 0.25) is 0 Å². The molecule has 0 unspecified atom stereocenters. The van der Waals surface area contributed by atoms with Crippen molar-refractivity contribution in [2.24, 2.45) is 0 Å². The van der Waals surface area contributed by atoms with Crippen LogP contribution in [0.25, 0.3) is 11.4 Å². The van der Waals surface area contributed by atoms with E-state index in [1.165, 1.54) is 26.2 Å². The minimum Gasteiger partial charge on any atom is -0.491 e. The van der Waals surface area contributed by atoms with Crippen molar-refractivity contribution in [2.75, 3.05) is 12.8 Å². The SMILES string of the molecule is COc1c(N)nc(-c2ccc(C(F)(F)F)cc2)nc1C(C)=O. The number of methoxy groups -OCH3 is 1. The number of nitrogen functional groups attached to an aromatic ring is 1. The molecule has 116 valence electrons. The fourth-order valence-corrected chi connectivity index (χ4v) is 1.85. The van der Waals surface area contributed by atoms with E-state index in [-0.39, 0.29) is 28.9 Å². The highest BCUT2D eigenvalue weighted by molar-refractivity contribution is 5.96. The van der Waals surface area contributed by atoms with E-state index in [1.54, 1.807) is 0 Å². The highest BCUT2D eigenvalue weighted by atomic mass is 19.4. The Bertz CT molecular complexity index is 713. The Morgan fingerprint density at radius 3 is 2.23 bits per heavy atom. The number of carbonyl (C=O) groups is 1. The first-order chi connectivity index (χ1) is 10.2. The molecule has 2 rings (SSSR count). The topological polar surface area (TPSA) is 78.1 Å². The lowest BCUT2D eigenvalue weighted by Gasteiger charge is -2.11. The first kappa shape index (κ1) is 15.7. The lowest BCUT2D eigenvalue weighted by Crippen LogP contribution is -2.08. The maximum absolute atomic E-state index is 12.5. The molecule has 1 aromatic heterocycles. The number of hydrogen-bond donors (Lipinski definition) is 1. The van der Waals surface area contributed by atoms with Crippen molar-refractivity contribution in [3.05, 3.63) is 35.5 Å². The Morgan fingerprint density at radius 1 is 1.18 bits per heavy atom. The second-order valence-electron chi connectivity index (χ2n) is 4.45. The first-order valence-electron chi connectivity index (χ1n) is 6.14. The van der Waals surface area contributed by atoms with Gasteiger partial charge in [0, 0.05) is 12.5 Å². The molecular formula is C14H12F3N3O2. The average Bonchev–Trinajstić information content (AvgIpc) is 2.45. The molecule has 5 nitrogen and oxygen atoms in total. The van der Waals surface area contributed by atoms with E-state index in [2.05, 4.69) is 9.97 Å². The molecule has 0 spiro atoms. The maximum Gasteiger partial charge on any atom is 0.416 e. The molecule has 0 radical (unpaired) electrons. The molecule has 2 N–H and O–H groups in total. The molecular weight excluding hydrogens is 299 g/mol. The Morgan fingerprint density at radius 2 is 1.77 bits per heavy atom. The van der Waals surface area contributed by atoms with E-state index in [9.17, 15) is 18.0 Å². The summed E-state index contributed by atoms with van der Waals surface area (Å²) in [5, 5.41) is 0. The van der Waals surface area contributed by atoms with E-state index >= 15 is 0 Å². The number of hydrogen-bond acceptors (Lipinski definition) is 5. The molecule has 0 saturated carbocycles. The van der Waals surface area contributed by atoms with Crippen molar-refractivity contribution < 1.29 is 22.7 Å². The van der Waals surface area contributed by atoms with Gasteiger partial charge in [-0.2, -0.15) is 13.2 Å². The van der Waals surface area contributed by atoms with Crippen molar-refractivity contribution in [2.45, 2.75) is 13.1 Å². The van der Waals surface area contributed by atoms with Gasteiger partial charge in [0.1, 0.15) is 0 Å². The Hall–Kier alpha value is -2.64. The van der Waals surface area contributed by atoms with E-state index in [1.807, 2.05) is 0 Å². The van der Waals surface area contributed by atoms with Crippen LogP contribution in [0.1, 0.15) is 23.0 Å². The number of rotatable bonds is 3. The number of aromatic nitrogens is 2. The predicted octanol–water partition coefficient (Wildman–Crippen LogP) is 2.96. The van der Waals surface area contributed by atoms with Gasteiger partial charge in [-0.15, -0.1) is 0 Å². The van der Waals surface area contributed by atoms with Crippen LogP contribution >= 0.6 is 0 Å². The van der Waals surface area contributed by atoms with Crippen LogP contribution in [0.4, 0.5) is 19.0 Å². The van der Waals surface area contributed by atoms with Gasteiger partial charge in [0.2, 0.25) is 0 Å². The van der Waals surface area contributed by atoms with Crippen molar-refractivity contribution in [1.82, 2.24) is 9.97 Å². The molecule has 0 bridgehead atoms. The molecule has 0 atom stereocenters. The molecule has 0 aliphatic rings. The van der Waals surface area contributed by atoms with Gasteiger partial charge >= 0.3 is 6.18 Å². The normalized spacial score (nSPS) is 11.3.